The lowest BCUT2D eigenvalue weighted by molar-refractivity contribution is -0.125. The van der Waals surface area contributed by atoms with Crippen LogP contribution in [0.4, 0.5) is 0 Å². The Morgan fingerprint density at radius 3 is 2.85 bits per heavy atom. The van der Waals surface area contributed by atoms with E-state index >= 15 is 0 Å². The van der Waals surface area contributed by atoms with Crippen LogP contribution in [-0.2, 0) is 19.6 Å². The summed E-state index contributed by atoms with van der Waals surface area (Å²) in [6, 6.07) is 0. The molecule has 0 aliphatic heterocycles. The average molecular weight is 302 g/mol. The second-order valence-corrected chi connectivity index (χ2v) is 7.85. The lowest BCUT2D eigenvalue weighted by atomic mass is 9.68. The molecule has 20 heavy (non-hydrogen) atoms. The van der Waals surface area contributed by atoms with Crippen molar-refractivity contribution in [2.75, 3.05) is 6.61 Å². The minimum Gasteiger partial charge on any atom is -0.352 e. The third-order valence-corrected chi connectivity index (χ3v) is 5.14. The SMILES string of the molecule is CC(=O)C(OCC1(C)C=C2CCCC(C2)C1)S(=O)(=O)O. The van der Waals surface area contributed by atoms with Gasteiger partial charge in [0.05, 0.1) is 6.61 Å². The molecule has 6 heteroatoms. The van der Waals surface area contributed by atoms with Crippen LogP contribution in [0, 0.1) is 11.3 Å². The van der Waals surface area contributed by atoms with Gasteiger partial charge in [-0.3, -0.25) is 9.35 Å². The Morgan fingerprint density at radius 1 is 1.60 bits per heavy atom. The first-order valence-electron chi connectivity index (χ1n) is 6.99. The van der Waals surface area contributed by atoms with Gasteiger partial charge in [0, 0.05) is 5.41 Å². The van der Waals surface area contributed by atoms with Crippen LogP contribution in [-0.4, -0.2) is 30.8 Å². The van der Waals surface area contributed by atoms with Gasteiger partial charge in [0.1, 0.15) is 0 Å². The molecule has 5 nitrogen and oxygen atoms in total. The fourth-order valence-corrected chi connectivity index (χ4v) is 4.15. The van der Waals surface area contributed by atoms with E-state index in [1.165, 1.54) is 18.4 Å². The van der Waals surface area contributed by atoms with Crippen molar-refractivity contribution in [3.05, 3.63) is 11.6 Å². The molecule has 2 aliphatic rings. The Kier molecular flexibility index (Phi) is 4.37. The monoisotopic (exact) mass is 302 g/mol. The molecule has 0 saturated heterocycles. The largest absolute Gasteiger partial charge is 0.352 e. The molecular weight excluding hydrogens is 280 g/mol. The summed E-state index contributed by atoms with van der Waals surface area (Å²) < 4.78 is 36.6. The summed E-state index contributed by atoms with van der Waals surface area (Å²) in [6.45, 7) is 3.26. The maximum atomic E-state index is 11.3. The predicted octanol–water partition coefficient (Wildman–Crippen LogP) is 2.33. The number of fused-ring (bicyclic) bond motifs is 2. The molecule has 0 aromatic rings. The number of Topliss-reactive ketones (excluding diaryl/α,β-unsaturated/α-hetero) is 1. The van der Waals surface area contributed by atoms with Crippen molar-refractivity contribution in [3.8, 4) is 0 Å². The van der Waals surface area contributed by atoms with Gasteiger partial charge in [-0.2, -0.15) is 8.42 Å². The summed E-state index contributed by atoms with van der Waals surface area (Å²) in [7, 11) is -4.50. The molecule has 2 bridgehead atoms. The Labute approximate surface area is 120 Å². The highest BCUT2D eigenvalue weighted by molar-refractivity contribution is 7.87. The van der Waals surface area contributed by atoms with E-state index in [-0.39, 0.29) is 12.0 Å². The molecule has 1 fully saturated rings. The van der Waals surface area contributed by atoms with Crippen molar-refractivity contribution in [3.63, 3.8) is 0 Å². The van der Waals surface area contributed by atoms with E-state index in [0.717, 1.165) is 26.2 Å². The molecule has 114 valence electrons. The number of ether oxygens (including phenoxy) is 1. The Morgan fingerprint density at radius 2 is 2.30 bits per heavy atom. The smallest absolute Gasteiger partial charge is 0.299 e. The Balaban J connectivity index is 2.07. The van der Waals surface area contributed by atoms with Gasteiger partial charge in [-0.25, -0.2) is 0 Å². The van der Waals surface area contributed by atoms with Crippen molar-refractivity contribution in [2.24, 2.45) is 11.3 Å². The molecular formula is C14H22O5S. The van der Waals surface area contributed by atoms with Crippen molar-refractivity contribution >= 4 is 15.9 Å². The van der Waals surface area contributed by atoms with Gasteiger partial charge in [0.25, 0.3) is 10.1 Å². The molecule has 1 saturated carbocycles. The highest BCUT2D eigenvalue weighted by Crippen LogP contribution is 2.44. The number of hydrogen-bond donors (Lipinski definition) is 1. The van der Waals surface area contributed by atoms with E-state index in [2.05, 4.69) is 6.08 Å². The Hall–Kier alpha value is -0.720. The summed E-state index contributed by atoms with van der Waals surface area (Å²) in [5.41, 5.74) is -0.610. The molecule has 0 heterocycles. The molecule has 0 aromatic heterocycles. The maximum absolute atomic E-state index is 11.3. The van der Waals surface area contributed by atoms with Crippen LogP contribution in [0.15, 0.2) is 11.6 Å². The molecule has 2 rings (SSSR count). The second-order valence-electron chi connectivity index (χ2n) is 6.39. The molecule has 0 aromatic carbocycles. The van der Waals surface area contributed by atoms with Crippen LogP contribution in [0.25, 0.3) is 0 Å². The first-order chi connectivity index (χ1) is 9.20. The van der Waals surface area contributed by atoms with Gasteiger partial charge in [-0.1, -0.05) is 18.6 Å². The quantitative estimate of drug-likeness (QED) is 0.622. The van der Waals surface area contributed by atoms with Gasteiger partial charge >= 0.3 is 0 Å². The first-order valence-corrected chi connectivity index (χ1v) is 8.49. The molecule has 2 aliphatic carbocycles. The van der Waals surface area contributed by atoms with Crippen LogP contribution in [0.2, 0.25) is 0 Å². The van der Waals surface area contributed by atoms with Crippen LogP contribution in [0.3, 0.4) is 0 Å². The van der Waals surface area contributed by atoms with Crippen LogP contribution < -0.4 is 0 Å². The number of ketones is 1. The average Bonchev–Trinajstić information content (AvgIpc) is 2.25. The predicted molar refractivity (Wildman–Crippen MR) is 74.7 cm³/mol. The highest BCUT2D eigenvalue weighted by atomic mass is 32.2. The lowest BCUT2D eigenvalue weighted by Crippen LogP contribution is -2.37. The number of hydrogen-bond acceptors (Lipinski definition) is 4. The zero-order chi connectivity index (χ0) is 15.0. The van der Waals surface area contributed by atoms with Crippen molar-refractivity contribution in [1.29, 1.82) is 0 Å². The van der Waals surface area contributed by atoms with Gasteiger partial charge in [-0.05, 0) is 44.9 Å². The fraction of sp³-hybridized carbons (Fsp3) is 0.786. The zero-order valence-electron chi connectivity index (χ0n) is 12.0. The number of allylic oxidation sites excluding steroid dienone is 1. The molecule has 3 atom stereocenters. The topological polar surface area (TPSA) is 80.7 Å². The summed E-state index contributed by atoms with van der Waals surface area (Å²) in [5, 5.41) is 0. The standard InChI is InChI=1S/C14H22O5S/c1-10(15)13(20(16,17)18)19-9-14(2)7-11-4-3-5-12(6-11)8-14/h7,12-13H,3-6,8-9H2,1-2H3,(H,16,17,18). The highest BCUT2D eigenvalue weighted by Gasteiger charge is 2.37. The van der Waals surface area contributed by atoms with Crippen LogP contribution in [0.1, 0.15) is 46.0 Å². The van der Waals surface area contributed by atoms with Crippen LogP contribution >= 0.6 is 0 Å². The molecule has 0 radical (unpaired) electrons. The number of carbonyl (C=O) groups is 1. The number of rotatable bonds is 5. The minimum absolute atomic E-state index is 0.136. The van der Waals surface area contributed by atoms with E-state index in [1.807, 2.05) is 6.92 Å². The fourth-order valence-electron chi connectivity index (χ4n) is 3.49. The Bertz CT molecular complexity index is 522. The zero-order valence-corrected chi connectivity index (χ0v) is 12.8. The third kappa shape index (κ3) is 3.68. The van der Waals surface area contributed by atoms with Gasteiger partial charge in [0.2, 0.25) is 5.44 Å². The van der Waals surface area contributed by atoms with E-state index in [9.17, 15) is 13.2 Å². The van der Waals surface area contributed by atoms with E-state index in [1.54, 1.807) is 0 Å². The maximum Gasteiger partial charge on any atom is 0.299 e. The summed E-state index contributed by atoms with van der Waals surface area (Å²) in [4.78, 5) is 11.3. The first kappa shape index (κ1) is 15.7. The lowest BCUT2D eigenvalue weighted by Gasteiger charge is -2.39. The van der Waals surface area contributed by atoms with Gasteiger partial charge in [0.15, 0.2) is 5.78 Å². The molecule has 3 unspecified atom stereocenters. The molecule has 0 spiro atoms. The number of carbonyl (C=O) groups excluding carboxylic acids is 1. The van der Waals surface area contributed by atoms with Crippen molar-refractivity contribution in [2.45, 2.75) is 51.4 Å². The van der Waals surface area contributed by atoms with E-state index < -0.39 is 21.3 Å². The summed E-state index contributed by atoms with van der Waals surface area (Å²) in [5.74, 6) is -0.0707. The van der Waals surface area contributed by atoms with Crippen LogP contribution in [0.5, 0.6) is 0 Å². The van der Waals surface area contributed by atoms with E-state index in [0.29, 0.717) is 5.92 Å². The molecule has 0 amide bonds. The van der Waals surface area contributed by atoms with Gasteiger partial charge < -0.3 is 4.74 Å². The van der Waals surface area contributed by atoms with Crippen molar-refractivity contribution < 1.29 is 22.5 Å². The summed E-state index contributed by atoms with van der Waals surface area (Å²) in [6.07, 6.45) is 7.75. The second kappa shape index (κ2) is 5.58. The third-order valence-electron chi connectivity index (χ3n) is 4.14. The van der Waals surface area contributed by atoms with E-state index in [4.69, 9.17) is 9.29 Å². The molecule has 1 N–H and O–H groups in total. The van der Waals surface area contributed by atoms with Gasteiger partial charge in [-0.15, -0.1) is 0 Å². The minimum atomic E-state index is -4.50. The summed E-state index contributed by atoms with van der Waals surface area (Å²) >= 11 is 0. The normalized spacial score (nSPS) is 31.6. The van der Waals surface area contributed by atoms with Crippen molar-refractivity contribution in [1.82, 2.24) is 0 Å².